The van der Waals surface area contributed by atoms with Crippen LogP contribution in [-0.2, 0) is 0 Å². The number of halogens is 1. The van der Waals surface area contributed by atoms with Crippen molar-refractivity contribution >= 4 is 5.69 Å². The summed E-state index contributed by atoms with van der Waals surface area (Å²) in [5.41, 5.74) is 8.83. The number of nitrogens with two attached hydrogens (primary N) is 1. The highest BCUT2D eigenvalue weighted by Gasteiger charge is 2.22. The zero-order valence-electron chi connectivity index (χ0n) is 13.8. The summed E-state index contributed by atoms with van der Waals surface area (Å²) in [5, 5.41) is 0. The Morgan fingerprint density at radius 2 is 1.90 bits per heavy atom. The maximum absolute atomic E-state index is 13.9. The number of benzene rings is 1. The minimum Gasteiger partial charge on any atom is -0.371 e. The Labute approximate surface area is 128 Å². The Morgan fingerprint density at radius 3 is 2.52 bits per heavy atom. The molecule has 2 rings (SSSR count). The second-order valence-electron chi connectivity index (χ2n) is 6.87. The van der Waals surface area contributed by atoms with Crippen LogP contribution in [0.1, 0.15) is 57.2 Å². The Balaban J connectivity index is 2.27. The highest BCUT2D eigenvalue weighted by molar-refractivity contribution is 5.57. The molecule has 3 heteroatoms. The molecule has 1 heterocycles. The normalized spacial score (nSPS) is 21.5. The molecule has 0 saturated carbocycles. The topological polar surface area (TPSA) is 29.3 Å². The van der Waals surface area contributed by atoms with Crippen molar-refractivity contribution in [1.82, 2.24) is 0 Å². The number of rotatable bonds is 3. The second kappa shape index (κ2) is 6.78. The van der Waals surface area contributed by atoms with E-state index in [2.05, 4.69) is 18.7 Å². The molecule has 1 aromatic rings. The first-order valence-electron chi connectivity index (χ1n) is 8.20. The van der Waals surface area contributed by atoms with Crippen LogP contribution in [0.3, 0.4) is 0 Å². The van der Waals surface area contributed by atoms with Gasteiger partial charge in [0, 0.05) is 24.8 Å². The molecule has 1 aliphatic heterocycles. The van der Waals surface area contributed by atoms with E-state index in [-0.39, 0.29) is 11.9 Å². The van der Waals surface area contributed by atoms with Gasteiger partial charge in [-0.3, -0.25) is 0 Å². The number of anilines is 1. The van der Waals surface area contributed by atoms with Gasteiger partial charge in [0.15, 0.2) is 0 Å². The Morgan fingerprint density at radius 1 is 1.19 bits per heavy atom. The molecule has 0 amide bonds. The van der Waals surface area contributed by atoms with Crippen LogP contribution in [0.15, 0.2) is 12.1 Å². The van der Waals surface area contributed by atoms with Crippen molar-refractivity contribution in [3.63, 3.8) is 0 Å². The molecule has 118 valence electrons. The van der Waals surface area contributed by atoms with Gasteiger partial charge in [0.2, 0.25) is 0 Å². The predicted molar refractivity (Wildman–Crippen MR) is 88.1 cm³/mol. The van der Waals surface area contributed by atoms with Crippen LogP contribution < -0.4 is 10.6 Å². The summed E-state index contributed by atoms with van der Waals surface area (Å²) < 4.78 is 13.9. The number of nitrogens with zero attached hydrogens (tertiary/aromatic N) is 1. The van der Waals surface area contributed by atoms with Crippen molar-refractivity contribution in [1.29, 1.82) is 0 Å². The molecule has 1 fully saturated rings. The lowest BCUT2D eigenvalue weighted by Gasteiger charge is -2.28. The fourth-order valence-electron chi connectivity index (χ4n) is 3.35. The summed E-state index contributed by atoms with van der Waals surface area (Å²) in [6, 6.07) is 3.46. The fourth-order valence-corrected chi connectivity index (χ4v) is 3.35. The summed E-state index contributed by atoms with van der Waals surface area (Å²) in [6.07, 6.45) is 3.71. The van der Waals surface area contributed by atoms with E-state index >= 15 is 0 Å². The molecule has 0 spiro atoms. The van der Waals surface area contributed by atoms with Crippen LogP contribution in [0.5, 0.6) is 0 Å². The monoisotopic (exact) mass is 292 g/mol. The van der Waals surface area contributed by atoms with E-state index in [4.69, 9.17) is 5.73 Å². The van der Waals surface area contributed by atoms with Crippen LogP contribution in [0.25, 0.3) is 0 Å². The zero-order valence-corrected chi connectivity index (χ0v) is 13.8. The van der Waals surface area contributed by atoms with E-state index in [1.165, 1.54) is 19.3 Å². The van der Waals surface area contributed by atoms with Crippen molar-refractivity contribution in [2.45, 2.75) is 53.0 Å². The summed E-state index contributed by atoms with van der Waals surface area (Å²) in [7, 11) is 0. The zero-order chi connectivity index (χ0) is 15.6. The number of hydrogen-bond donors (Lipinski definition) is 1. The lowest BCUT2D eigenvalue weighted by Crippen LogP contribution is -2.27. The third kappa shape index (κ3) is 3.76. The van der Waals surface area contributed by atoms with E-state index in [1.807, 2.05) is 19.9 Å². The maximum atomic E-state index is 13.9. The van der Waals surface area contributed by atoms with Gasteiger partial charge in [-0.2, -0.15) is 0 Å². The predicted octanol–water partition coefficient (Wildman–Crippen LogP) is 4.42. The van der Waals surface area contributed by atoms with Crippen molar-refractivity contribution < 1.29 is 4.39 Å². The van der Waals surface area contributed by atoms with Crippen LogP contribution in [-0.4, -0.2) is 13.1 Å². The molecule has 21 heavy (non-hydrogen) atoms. The molecule has 1 aliphatic rings. The van der Waals surface area contributed by atoms with E-state index < -0.39 is 0 Å². The number of hydrogen-bond acceptors (Lipinski definition) is 2. The Bertz CT molecular complexity index is 482. The summed E-state index contributed by atoms with van der Waals surface area (Å²) in [4.78, 5) is 2.41. The standard InChI is InChI=1S/C18H29FN2/c1-12(2)15-6-5-8-21(9-7-15)18-10-13(3)17(19)11-16(18)14(4)20/h10-12,14-15H,5-9,20H2,1-4H3. The minimum atomic E-state index is -0.152. The average molecular weight is 292 g/mol. The van der Waals surface area contributed by atoms with Gasteiger partial charge in [-0.05, 0) is 68.2 Å². The molecular formula is C18H29FN2. The third-order valence-corrected chi connectivity index (χ3v) is 4.85. The second-order valence-corrected chi connectivity index (χ2v) is 6.87. The Hall–Kier alpha value is -1.09. The highest BCUT2D eigenvalue weighted by Crippen LogP contribution is 2.32. The van der Waals surface area contributed by atoms with E-state index in [0.717, 1.165) is 36.2 Å². The number of aryl methyl sites for hydroxylation is 1. The molecule has 0 bridgehead atoms. The smallest absolute Gasteiger partial charge is 0.126 e. The van der Waals surface area contributed by atoms with Crippen LogP contribution in [0.4, 0.5) is 10.1 Å². The fraction of sp³-hybridized carbons (Fsp3) is 0.667. The van der Waals surface area contributed by atoms with E-state index in [9.17, 15) is 4.39 Å². The lowest BCUT2D eigenvalue weighted by molar-refractivity contribution is 0.351. The quantitative estimate of drug-likeness (QED) is 0.893. The van der Waals surface area contributed by atoms with Gasteiger partial charge >= 0.3 is 0 Å². The van der Waals surface area contributed by atoms with Crippen LogP contribution in [0.2, 0.25) is 0 Å². The molecule has 2 nitrogen and oxygen atoms in total. The van der Waals surface area contributed by atoms with Crippen LogP contribution >= 0.6 is 0 Å². The van der Waals surface area contributed by atoms with Crippen molar-refractivity contribution in [3.8, 4) is 0 Å². The molecule has 1 saturated heterocycles. The Kier molecular flexibility index (Phi) is 5.26. The summed E-state index contributed by atoms with van der Waals surface area (Å²) in [6.45, 7) is 10.5. The summed E-state index contributed by atoms with van der Waals surface area (Å²) in [5.74, 6) is 1.39. The largest absolute Gasteiger partial charge is 0.371 e. The lowest BCUT2D eigenvalue weighted by atomic mass is 9.89. The van der Waals surface area contributed by atoms with Gasteiger partial charge in [-0.15, -0.1) is 0 Å². The average Bonchev–Trinajstić information content (AvgIpc) is 2.67. The minimum absolute atomic E-state index is 0.140. The molecule has 0 radical (unpaired) electrons. The van der Waals surface area contributed by atoms with Gasteiger partial charge < -0.3 is 10.6 Å². The molecule has 2 unspecified atom stereocenters. The molecule has 0 aromatic heterocycles. The summed E-state index contributed by atoms with van der Waals surface area (Å²) >= 11 is 0. The first kappa shape index (κ1) is 16.3. The van der Waals surface area contributed by atoms with E-state index in [1.54, 1.807) is 6.07 Å². The SMILES string of the molecule is Cc1cc(N2CCCC(C(C)C)CC2)c(C(C)N)cc1F. The molecule has 2 atom stereocenters. The molecule has 0 aliphatic carbocycles. The third-order valence-electron chi connectivity index (χ3n) is 4.85. The molecule has 2 N–H and O–H groups in total. The maximum Gasteiger partial charge on any atom is 0.126 e. The van der Waals surface area contributed by atoms with Gasteiger partial charge in [0.25, 0.3) is 0 Å². The van der Waals surface area contributed by atoms with Gasteiger partial charge in [0.05, 0.1) is 0 Å². The van der Waals surface area contributed by atoms with Crippen molar-refractivity contribution in [2.75, 3.05) is 18.0 Å². The highest BCUT2D eigenvalue weighted by atomic mass is 19.1. The first-order chi connectivity index (χ1) is 9.90. The molecule has 1 aromatic carbocycles. The van der Waals surface area contributed by atoms with Crippen molar-refractivity contribution in [3.05, 3.63) is 29.1 Å². The van der Waals surface area contributed by atoms with E-state index in [0.29, 0.717) is 5.56 Å². The van der Waals surface area contributed by atoms with Crippen LogP contribution in [0, 0.1) is 24.6 Å². The molecular weight excluding hydrogens is 263 g/mol. The first-order valence-corrected chi connectivity index (χ1v) is 8.20. The van der Waals surface area contributed by atoms with Gasteiger partial charge in [-0.1, -0.05) is 13.8 Å². The van der Waals surface area contributed by atoms with Gasteiger partial charge in [-0.25, -0.2) is 4.39 Å². The van der Waals surface area contributed by atoms with Crippen molar-refractivity contribution in [2.24, 2.45) is 17.6 Å². The van der Waals surface area contributed by atoms with Gasteiger partial charge in [0.1, 0.15) is 5.82 Å².